The molecule has 3 rings (SSSR count). The molecule has 0 aromatic carbocycles. The minimum Gasteiger partial charge on any atom is -0.447 e. The van der Waals surface area contributed by atoms with Crippen molar-refractivity contribution in [1.82, 2.24) is 9.36 Å². The van der Waals surface area contributed by atoms with Gasteiger partial charge in [0.05, 0.1) is 0 Å². The monoisotopic (exact) mass is 374 g/mol. The second-order valence-electron chi connectivity index (χ2n) is 3.13. The molecule has 3 heterocycles. The van der Waals surface area contributed by atoms with Gasteiger partial charge in [-0.05, 0) is 67.7 Å². The third-order valence-corrected chi connectivity index (χ3v) is 3.59. The van der Waals surface area contributed by atoms with Crippen molar-refractivity contribution in [2.75, 3.05) is 0 Å². The Bertz CT molecular complexity index is 604. The Balaban J connectivity index is 1.98. The van der Waals surface area contributed by atoms with Crippen LogP contribution in [0.15, 0.2) is 42.4 Å². The summed E-state index contributed by atoms with van der Waals surface area (Å²) < 4.78 is 16.3. The van der Waals surface area contributed by atoms with E-state index in [1.165, 1.54) is 11.5 Å². The van der Waals surface area contributed by atoms with Gasteiger partial charge in [0.1, 0.15) is 0 Å². The van der Waals surface area contributed by atoms with Crippen molar-refractivity contribution in [3.8, 4) is 22.4 Å². The van der Waals surface area contributed by atoms with Crippen LogP contribution in [0, 0.1) is 0 Å². The maximum atomic E-state index is 5.41. The summed E-state index contributed by atoms with van der Waals surface area (Å²) in [5.41, 5.74) is 0. The lowest BCUT2D eigenvalue weighted by Gasteiger charge is -1.87. The van der Waals surface area contributed by atoms with E-state index in [9.17, 15) is 0 Å². The number of hydrogen-bond donors (Lipinski definition) is 0. The first-order valence-electron chi connectivity index (χ1n) is 4.57. The van der Waals surface area contributed by atoms with Crippen LogP contribution < -0.4 is 0 Å². The fourth-order valence-corrected chi connectivity index (χ4v) is 2.53. The predicted molar refractivity (Wildman–Crippen MR) is 70.7 cm³/mol. The van der Waals surface area contributed by atoms with Gasteiger partial charge >= 0.3 is 0 Å². The van der Waals surface area contributed by atoms with E-state index >= 15 is 0 Å². The molecule has 0 aliphatic carbocycles. The third kappa shape index (κ3) is 2.22. The molecule has 3 aromatic heterocycles. The van der Waals surface area contributed by atoms with Gasteiger partial charge in [0.2, 0.25) is 5.82 Å². The highest BCUT2D eigenvalue weighted by atomic mass is 79.9. The molecule has 0 radical (unpaired) electrons. The lowest BCUT2D eigenvalue weighted by molar-refractivity contribution is 0.550. The predicted octanol–water partition coefficient (Wildman–Crippen LogP) is 4.58. The van der Waals surface area contributed by atoms with Crippen molar-refractivity contribution in [1.29, 1.82) is 0 Å². The minimum atomic E-state index is 0.559. The standard InChI is InChI=1S/C10H4Br2N2O2S/c11-7-3-1-5(15-7)9-13-10(17-14-9)6-2-4-8(12)16-6/h1-4H. The number of halogens is 2. The molecule has 0 N–H and O–H groups in total. The largest absolute Gasteiger partial charge is 0.447 e. The van der Waals surface area contributed by atoms with Gasteiger partial charge in [-0.2, -0.15) is 4.37 Å². The van der Waals surface area contributed by atoms with Crippen molar-refractivity contribution in [2.24, 2.45) is 0 Å². The lowest BCUT2D eigenvalue weighted by Crippen LogP contribution is -1.76. The molecule has 0 bridgehead atoms. The molecule has 86 valence electrons. The molecule has 0 saturated carbocycles. The van der Waals surface area contributed by atoms with Gasteiger partial charge in [-0.1, -0.05) is 0 Å². The summed E-state index contributed by atoms with van der Waals surface area (Å²) in [5, 5.41) is 0.721. The number of furan rings is 2. The molecule has 7 heteroatoms. The summed E-state index contributed by atoms with van der Waals surface area (Å²) >= 11 is 7.76. The van der Waals surface area contributed by atoms with Crippen LogP contribution in [0.3, 0.4) is 0 Å². The Morgan fingerprint density at radius 3 is 2.18 bits per heavy atom. The smallest absolute Gasteiger partial charge is 0.209 e. The van der Waals surface area contributed by atoms with E-state index < -0.39 is 0 Å². The van der Waals surface area contributed by atoms with Crippen molar-refractivity contribution < 1.29 is 8.83 Å². The molecule has 0 aliphatic rings. The summed E-state index contributed by atoms with van der Waals surface area (Å²) in [6, 6.07) is 7.28. The Kier molecular flexibility index (Phi) is 2.89. The van der Waals surface area contributed by atoms with Gasteiger partial charge in [-0.3, -0.25) is 0 Å². The van der Waals surface area contributed by atoms with E-state index in [1.54, 1.807) is 6.07 Å². The highest BCUT2D eigenvalue weighted by molar-refractivity contribution is 9.10. The van der Waals surface area contributed by atoms with Crippen LogP contribution in [0.2, 0.25) is 0 Å². The average molecular weight is 376 g/mol. The van der Waals surface area contributed by atoms with E-state index in [-0.39, 0.29) is 0 Å². The fourth-order valence-electron chi connectivity index (χ4n) is 1.29. The van der Waals surface area contributed by atoms with Gasteiger partial charge in [0.25, 0.3) is 0 Å². The van der Waals surface area contributed by atoms with Gasteiger partial charge in [-0.15, -0.1) is 0 Å². The second-order valence-corrected chi connectivity index (χ2v) is 5.45. The molecule has 4 nitrogen and oxygen atoms in total. The SMILES string of the molecule is Brc1ccc(-c2nsc(-c3ccc(Br)o3)n2)o1. The van der Waals surface area contributed by atoms with E-state index in [0.717, 1.165) is 5.01 Å². The van der Waals surface area contributed by atoms with Crippen LogP contribution >= 0.6 is 43.4 Å². The zero-order valence-electron chi connectivity index (χ0n) is 8.18. The average Bonchev–Trinajstić information content (AvgIpc) is 2.96. The van der Waals surface area contributed by atoms with E-state index in [1.807, 2.05) is 18.2 Å². The van der Waals surface area contributed by atoms with Gasteiger partial charge in [0, 0.05) is 0 Å². The van der Waals surface area contributed by atoms with Gasteiger partial charge < -0.3 is 8.83 Å². The van der Waals surface area contributed by atoms with Crippen LogP contribution in [0.4, 0.5) is 0 Å². The second kappa shape index (κ2) is 4.40. The van der Waals surface area contributed by atoms with E-state index in [2.05, 4.69) is 41.2 Å². The first-order chi connectivity index (χ1) is 8.22. The molecule has 0 aliphatic heterocycles. The van der Waals surface area contributed by atoms with Crippen molar-refractivity contribution in [2.45, 2.75) is 0 Å². The first kappa shape index (κ1) is 11.2. The van der Waals surface area contributed by atoms with Crippen LogP contribution in [0.25, 0.3) is 22.4 Å². The number of aromatic nitrogens is 2. The van der Waals surface area contributed by atoms with Crippen LogP contribution in [0.1, 0.15) is 0 Å². The van der Waals surface area contributed by atoms with E-state index in [0.29, 0.717) is 26.7 Å². The Morgan fingerprint density at radius 1 is 0.941 bits per heavy atom. The molecule has 0 fully saturated rings. The summed E-state index contributed by atoms with van der Waals surface area (Å²) in [5.74, 6) is 1.87. The van der Waals surface area contributed by atoms with Crippen molar-refractivity contribution >= 4 is 43.4 Å². The molecule has 17 heavy (non-hydrogen) atoms. The number of hydrogen-bond acceptors (Lipinski definition) is 5. The first-order valence-corrected chi connectivity index (χ1v) is 6.93. The lowest BCUT2D eigenvalue weighted by atomic mass is 10.4. The highest BCUT2D eigenvalue weighted by Gasteiger charge is 2.13. The summed E-state index contributed by atoms with van der Waals surface area (Å²) in [6.45, 7) is 0. The van der Waals surface area contributed by atoms with Crippen molar-refractivity contribution in [3.63, 3.8) is 0 Å². The molecular formula is C10H4Br2N2O2S. The van der Waals surface area contributed by atoms with Crippen LogP contribution in [-0.2, 0) is 0 Å². The third-order valence-electron chi connectivity index (χ3n) is 2.00. The quantitative estimate of drug-likeness (QED) is 0.657. The molecule has 0 atom stereocenters. The van der Waals surface area contributed by atoms with E-state index in [4.69, 9.17) is 8.83 Å². The fraction of sp³-hybridized carbons (Fsp3) is 0. The molecule has 3 aromatic rings. The highest BCUT2D eigenvalue weighted by Crippen LogP contribution is 2.30. The Hall–Kier alpha value is -0.920. The zero-order chi connectivity index (χ0) is 11.8. The summed E-state index contributed by atoms with van der Waals surface area (Å²) in [4.78, 5) is 4.36. The number of rotatable bonds is 2. The summed E-state index contributed by atoms with van der Waals surface area (Å²) in [7, 11) is 0. The Morgan fingerprint density at radius 2 is 1.59 bits per heavy atom. The summed E-state index contributed by atoms with van der Waals surface area (Å²) in [6.07, 6.45) is 0. The van der Waals surface area contributed by atoms with Gasteiger partial charge in [-0.25, -0.2) is 4.98 Å². The number of nitrogens with zero attached hydrogens (tertiary/aromatic N) is 2. The molecule has 0 spiro atoms. The molecule has 0 unspecified atom stereocenters. The maximum absolute atomic E-state index is 5.41. The van der Waals surface area contributed by atoms with Crippen molar-refractivity contribution in [3.05, 3.63) is 33.6 Å². The van der Waals surface area contributed by atoms with Gasteiger partial charge in [0.15, 0.2) is 25.9 Å². The minimum absolute atomic E-state index is 0.559. The zero-order valence-corrected chi connectivity index (χ0v) is 12.2. The maximum Gasteiger partial charge on any atom is 0.209 e. The molecule has 0 amide bonds. The molecular weight excluding hydrogens is 372 g/mol. The topological polar surface area (TPSA) is 52.1 Å². The van der Waals surface area contributed by atoms with Crippen LogP contribution in [0.5, 0.6) is 0 Å². The molecule has 0 saturated heterocycles. The van der Waals surface area contributed by atoms with Crippen LogP contribution in [-0.4, -0.2) is 9.36 Å². The Labute approximate surface area is 117 Å². The normalized spacial score (nSPS) is 10.9.